The van der Waals surface area contributed by atoms with Crippen molar-refractivity contribution >= 4 is 0 Å². The number of nitrogens with zero attached hydrogens (tertiary/aromatic N) is 1. The zero-order valence-corrected chi connectivity index (χ0v) is 11.9. The third kappa shape index (κ3) is 3.56. The molecule has 0 aromatic heterocycles. The maximum atomic E-state index is 3.54. The summed E-state index contributed by atoms with van der Waals surface area (Å²) in [4.78, 5) is 2.62. The van der Waals surface area contributed by atoms with E-state index >= 15 is 0 Å². The smallest absolute Gasteiger partial charge is 0.0193 e. The lowest BCUT2D eigenvalue weighted by Gasteiger charge is -2.37. The fraction of sp³-hybridized carbons (Fsp3) is 0.625. The van der Waals surface area contributed by atoms with Crippen molar-refractivity contribution in [2.45, 2.75) is 45.7 Å². The Morgan fingerprint density at radius 1 is 1.28 bits per heavy atom. The van der Waals surface area contributed by atoms with E-state index in [1.165, 1.54) is 37.1 Å². The van der Waals surface area contributed by atoms with Gasteiger partial charge in [0.2, 0.25) is 0 Å². The summed E-state index contributed by atoms with van der Waals surface area (Å²) in [7, 11) is 0. The molecule has 2 heteroatoms. The summed E-state index contributed by atoms with van der Waals surface area (Å²) in [5.41, 5.74) is 2.94. The molecule has 0 spiro atoms. The number of nitrogens with one attached hydrogen (secondary N) is 1. The highest BCUT2D eigenvalue weighted by Gasteiger charge is 2.21. The molecule has 2 nitrogen and oxygen atoms in total. The zero-order valence-electron chi connectivity index (χ0n) is 11.9. The molecule has 0 unspecified atom stereocenters. The van der Waals surface area contributed by atoms with Crippen LogP contribution in [-0.2, 0) is 6.42 Å². The van der Waals surface area contributed by atoms with Crippen LogP contribution in [0.2, 0.25) is 0 Å². The van der Waals surface area contributed by atoms with Gasteiger partial charge in [-0.05, 0) is 51.3 Å². The number of piperazine rings is 1. The maximum Gasteiger partial charge on any atom is 0.0193 e. The van der Waals surface area contributed by atoms with Gasteiger partial charge in [-0.2, -0.15) is 0 Å². The first-order valence-electron chi connectivity index (χ1n) is 7.18. The molecule has 18 heavy (non-hydrogen) atoms. The van der Waals surface area contributed by atoms with Gasteiger partial charge in [0.1, 0.15) is 0 Å². The molecule has 0 radical (unpaired) electrons. The van der Waals surface area contributed by atoms with Crippen LogP contribution < -0.4 is 5.32 Å². The monoisotopic (exact) mass is 246 g/mol. The molecule has 1 aromatic rings. The van der Waals surface area contributed by atoms with Gasteiger partial charge >= 0.3 is 0 Å². The number of hydrogen-bond donors (Lipinski definition) is 1. The van der Waals surface area contributed by atoms with Crippen molar-refractivity contribution in [1.29, 1.82) is 0 Å². The van der Waals surface area contributed by atoms with Crippen LogP contribution in [0.15, 0.2) is 24.3 Å². The maximum absolute atomic E-state index is 3.54. The van der Waals surface area contributed by atoms with Crippen LogP contribution in [0.1, 0.15) is 31.4 Å². The minimum Gasteiger partial charge on any atom is -0.311 e. The number of rotatable bonds is 4. The lowest BCUT2D eigenvalue weighted by molar-refractivity contribution is 0.145. The second-order valence-corrected chi connectivity index (χ2v) is 5.68. The fourth-order valence-electron chi connectivity index (χ4n) is 2.77. The average molecular weight is 246 g/mol. The van der Waals surface area contributed by atoms with E-state index in [9.17, 15) is 0 Å². The van der Waals surface area contributed by atoms with Gasteiger partial charge in [0, 0.05) is 25.2 Å². The SMILES string of the molecule is Cc1ccccc1CCCN1C[C@@H](C)NC[C@@H]1C. The van der Waals surface area contributed by atoms with E-state index in [2.05, 4.69) is 55.3 Å². The Labute approximate surface area is 111 Å². The molecule has 1 aromatic carbocycles. The van der Waals surface area contributed by atoms with Gasteiger partial charge in [0.15, 0.2) is 0 Å². The lowest BCUT2D eigenvalue weighted by atomic mass is 10.0. The first-order chi connectivity index (χ1) is 8.66. The van der Waals surface area contributed by atoms with Crippen molar-refractivity contribution in [3.8, 4) is 0 Å². The molecule has 0 aliphatic carbocycles. The van der Waals surface area contributed by atoms with E-state index in [0.717, 1.165) is 6.54 Å². The number of hydrogen-bond acceptors (Lipinski definition) is 2. The van der Waals surface area contributed by atoms with Crippen LogP contribution in [0.5, 0.6) is 0 Å². The predicted octanol–water partition coefficient (Wildman–Crippen LogP) is 2.61. The summed E-state index contributed by atoms with van der Waals surface area (Å²) in [5, 5.41) is 3.54. The molecule has 2 rings (SSSR count). The Morgan fingerprint density at radius 2 is 2.06 bits per heavy atom. The van der Waals surface area contributed by atoms with E-state index in [4.69, 9.17) is 0 Å². The average Bonchev–Trinajstić information content (AvgIpc) is 2.36. The van der Waals surface area contributed by atoms with Crippen molar-refractivity contribution in [3.63, 3.8) is 0 Å². The summed E-state index contributed by atoms with van der Waals surface area (Å²) in [6, 6.07) is 10.1. The van der Waals surface area contributed by atoms with Crippen LogP contribution in [0.25, 0.3) is 0 Å². The van der Waals surface area contributed by atoms with E-state index in [0.29, 0.717) is 12.1 Å². The first kappa shape index (κ1) is 13.6. The fourth-order valence-corrected chi connectivity index (χ4v) is 2.77. The van der Waals surface area contributed by atoms with Gasteiger partial charge in [-0.3, -0.25) is 4.90 Å². The van der Waals surface area contributed by atoms with Crippen LogP contribution in [-0.4, -0.2) is 36.6 Å². The molecule has 2 atom stereocenters. The molecule has 0 bridgehead atoms. The Balaban J connectivity index is 1.79. The highest BCUT2D eigenvalue weighted by Crippen LogP contribution is 2.12. The van der Waals surface area contributed by atoms with Gasteiger partial charge in [-0.25, -0.2) is 0 Å². The molecule has 0 saturated carbocycles. The summed E-state index contributed by atoms with van der Waals surface area (Å²) < 4.78 is 0. The highest BCUT2D eigenvalue weighted by atomic mass is 15.2. The van der Waals surface area contributed by atoms with Gasteiger partial charge in [-0.15, -0.1) is 0 Å². The van der Waals surface area contributed by atoms with Crippen LogP contribution in [0.3, 0.4) is 0 Å². The molecule has 1 aliphatic rings. The quantitative estimate of drug-likeness (QED) is 0.878. The Kier molecular flexibility index (Phi) is 4.79. The van der Waals surface area contributed by atoms with E-state index in [1.54, 1.807) is 0 Å². The number of benzene rings is 1. The molecular formula is C16H26N2. The van der Waals surface area contributed by atoms with E-state index in [-0.39, 0.29) is 0 Å². The molecule has 1 heterocycles. The molecule has 1 fully saturated rings. The Morgan fingerprint density at radius 3 is 2.83 bits per heavy atom. The minimum atomic E-state index is 0.639. The van der Waals surface area contributed by atoms with Gasteiger partial charge in [0.25, 0.3) is 0 Å². The zero-order chi connectivity index (χ0) is 13.0. The Bertz CT molecular complexity index is 375. The molecule has 1 aliphatic heterocycles. The topological polar surface area (TPSA) is 15.3 Å². The van der Waals surface area contributed by atoms with Gasteiger partial charge in [-0.1, -0.05) is 24.3 Å². The Hall–Kier alpha value is -0.860. The summed E-state index contributed by atoms with van der Waals surface area (Å²) in [5.74, 6) is 0. The van der Waals surface area contributed by atoms with Crippen molar-refractivity contribution < 1.29 is 0 Å². The van der Waals surface area contributed by atoms with Crippen molar-refractivity contribution in [2.24, 2.45) is 0 Å². The minimum absolute atomic E-state index is 0.639. The summed E-state index contributed by atoms with van der Waals surface area (Å²) in [6.07, 6.45) is 2.47. The lowest BCUT2D eigenvalue weighted by Crippen LogP contribution is -2.54. The molecule has 100 valence electrons. The first-order valence-corrected chi connectivity index (χ1v) is 7.18. The summed E-state index contributed by atoms with van der Waals surface area (Å²) in [6.45, 7) is 10.4. The molecule has 1 N–H and O–H groups in total. The van der Waals surface area contributed by atoms with Crippen LogP contribution >= 0.6 is 0 Å². The second-order valence-electron chi connectivity index (χ2n) is 5.68. The third-order valence-electron chi connectivity index (χ3n) is 4.05. The second kappa shape index (κ2) is 6.35. The standard InChI is InChI=1S/C16H26N2/c1-13-7-4-5-8-16(13)9-6-10-18-12-14(2)17-11-15(18)3/h4-5,7-8,14-15,17H,6,9-12H2,1-3H3/t14-,15+/m1/s1. The highest BCUT2D eigenvalue weighted by molar-refractivity contribution is 5.25. The van der Waals surface area contributed by atoms with Crippen molar-refractivity contribution in [3.05, 3.63) is 35.4 Å². The molecule has 0 amide bonds. The number of aryl methyl sites for hydroxylation is 2. The third-order valence-corrected chi connectivity index (χ3v) is 4.05. The van der Waals surface area contributed by atoms with E-state index in [1.807, 2.05) is 0 Å². The normalized spacial score (nSPS) is 25.3. The van der Waals surface area contributed by atoms with Crippen molar-refractivity contribution in [1.82, 2.24) is 10.2 Å². The molecule has 1 saturated heterocycles. The predicted molar refractivity (Wildman–Crippen MR) is 78.0 cm³/mol. The summed E-state index contributed by atoms with van der Waals surface area (Å²) >= 11 is 0. The van der Waals surface area contributed by atoms with E-state index < -0.39 is 0 Å². The molecular weight excluding hydrogens is 220 g/mol. The van der Waals surface area contributed by atoms with Gasteiger partial charge < -0.3 is 5.32 Å². The van der Waals surface area contributed by atoms with Crippen LogP contribution in [0, 0.1) is 6.92 Å². The largest absolute Gasteiger partial charge is 0.311 e. The van der Waals surface area contributed by atoms with Crippen LogP contribution in [0.4, 0.5) is 0 Å². The van der Waals surface area contributed by atoms with Crippen molar-refractivity contribution in [2.75, 3.05) is 19.6 Å². The van der Waals surface area contributed by atoms with Gasteiger partial charge in [0.05, 0.1) is 0 Å².